The van der Waals surface area contributed by atoms with Gasteiger partial charge in [-0.15, -0.1) is 0 Å². The Balaban J connectivity index is 1.56. The van der Waals surface area contributed by atoms with E-state index < -0.39 is 0 Å². The van der Waals surface area contributed by atoms with Gasteiger partial charge >= 0.3 is 0 Å². The van der Waals surface area contributed by atoms with Crippen molar-refractivity contribution in [3.8, 4) is 5.69 Å². The molecule has 1 N–H and O–H groups in total. The minimum atomic E-state index is -0.263. The number of carbonyl (C=O) groups excluding carboxylic acids is 1. The van der Waals surface area contributed by atoms with Crippen LogP contribution in [0.3, 0.4) is 0 Å². The lowest BCUT2D eigenvalue weighted by atomic mass is 10.2. The second kappa shape index (κ2) is 6.96. The zero-order valence-electron chi connectivity index (χ0n) is 14.6. The third-order valence-electron chi connectivity index (χ3n) is 4.60. The lowest BCUT2D eigenvalue weighted by Crippen LogP contribution is -2.20. The van der Waals surface area contributed by atoms with E-state index in [2.05, 4.69) is 15.6 Å². The molecule has 1 amide bonds. The van der Waals surface area contributed by atoms with E-state index in [1.54, 1.807) is 6.21 Å². The van der Waals surface area contributed by atoms with Crippen LogP contribution >= 0.6 is 0 Å². The summed E-state index contributed by atoms with van der Waals surface area (Å²) in [6.07, 6.45) is 4.52. The summed E-state index contributed by atoms with van der Waals surface area (Å²) in [6.45, 7) is 2.03. The number of rotatable bonds is 4. The highest BCUT2D eigenvalue weighted by Crippen LogP contribution is 2.27. The van der Waals surface area contributed by atoms with Crippen molar-refractivity contribution in [2.45, 2.75) is 26.2 Å². The van der Waals surface area contributed by atoms with Crippen LogP contribution in [0.25, 0.3) is 5.69 Å². The number of hydrazone groups is 1. The Hall–Kier alpha value is -3.21. The fraction of sp³-hybridized carbons (Fsp3) is 0.190. The molecule has 0 spiro atoms. The molecule has 0 unspecified atom stereocenters. The summed E-state index contributed by atoms with van der Waals surface area (Å²) in [5, 5.41) is 8.65. The molecule has 0 atom stereocenters. The van der Waals surface area contributed by atoms with Gasteiger partial charge in [0, 0.05) is 11.3 Å². The molecule has 26 heavy (non-hydrogen) atoms. The van der Waals surface area contributed by atoms with Crippen molar-refractivity contribution in [3.05, 3.63) is 82.7 Å². The molecule has 1 aromatic heterocycles. The zero-order valence-corrected chi connectivity index (χ0v) is 14.6. The van der Waals surface area contributed by atoms with E-state index >= 15 is 0 Å². The average Bonchev–Trinajstić information content (AvgIpc) is 3.26. The molecule has 5 nitrogen and oxygen atoms in total. The van der Waals surface area contributed by atoms with Gasteiger partial charge in [0.15, 0.2) is 5.69 Å². The Bertz CT molecular complexity index is 956. The van der Waals surface area contributed by atoms with Gasteiger partial charge in [0.05, 0.1) is 11.9 Å². The molecular formula is C21H20N4O. The van der Waals surface area contributed by atoms with Gasteiger partial charge in [-0.05, 0) is 43.9 Å². The SMILES string of the molecule is Cc1ccc(/C=N/NC(=O)c2nn(-c3ccccc3)c3c2CCC3)cc1. The van der Waals surface area contributed by atoms with Crippen LogP contribution in [0.5, 0.6) is 0 Å². The second-order valence-corrected chi connectivity index (χ2v) is 6.48. The van der Waals surface area contributed by atoms with E-state index in [0.29, 0.717) is 5.69 Å². The van der Waals surface area contributed by atoms with Gasteiger partial charge in [-0.2, -0.15) is 10.2 Å². The number of hydrogen-bond donors (Lipinski definition) is 1. The topological polar surface area (TPSA) is 59.3 Å². The van der Waals surface area contributed by atoms with Gasteiger partial charge in [0.1, 0.15) is 0 Å². The van der Waals surface area contributed by atoms with Gasteiger partial charge in [-0.3, -0.25) is 4.79 Å². The number of aryl methyl sites for hydroxylation is 1. The first-order chi connectivity index (χ1) is 12.7. The molecule has 3 aromatic rings. The lowest BCUT2D eigenvalue weighted by Gasteiger charge is -2.04. The van der Waals surface area contributed by atoms with E-state index in [4.69, 9.17) is 0 Å². The predicted molar refractivity (Wildman–Crippen MR) is 102 cm³/mol. The van der Waals surface area contributed by atoms with E-state index in [1.807, 2.05) is 66.2 Å². The largest absolute Gasteiger partial charge is 0.292 e. The third-order valence-corrected chi connectivity index (χ3v) is 4.60. The van der Waals surface area contributed by atoms with Crippen LogP contribution in [0.1, 0.15) is 39.3 Å². The zero-order chi connectivity index (χ0) is 17.9. The molecule has 2 aromatic carbocycles. The highest BCUT2D eigenvalue weighted by molar-refractivity contribution is 5.95. The normalized spacial score (nSPS) is 13.1. The molecule has 0 bridgehead atoms. The van der Waals surface area contributed by atoms with E-state index in [1.165, 1.54) is 5.56 Å². The van der Waals surface area contributed by atoms with Crippen molar-refractivity contribution in [1.29, 1.82) is 0 Å². The molecule has 0 saturated carbocycles. The highest BCUT2D eigenvalue weighted by Gasteiger charge is 2.26. The number of nitrogens with one attached hydrogen (secondary N) is 1. The molecule has 0 aliphatic heterocycles. The van der Waals surface area contributed by atoms with Gasteiger partial charge in [0.25, 0.3) is 5.91 Å². The Morgan fingerprint density at radius 3 is 2.65 bits per heavy atom. The molecule has 1 aliphatic carbocycles. The van der Waals surface area contributed by atoms with Crippen molar-refractivity contribution in [2.75, 3.05) is 0 Å². The molecule has 130 valence electrons. The first kappa shape index (κ1) is 16.3. The maximum atomic E-state index is 12.6. The summed E-state index contributed by atoms with van der Waals surface area (Å²) in [7, 11) is 0. The van der Waals surface area contributed by atoms with Gasteiger partial charge < -0.3 is 0 Å². The third kappa shape index (κ3) is 3.16. The number of para-hydroxylation sites is 1. The first-order valence-electron chi connectivity index (χ1n) is 8.78. The minimum Gasteiger partial charge on any atom is -0.265 e. The van der Waals surface area contributed by atoms with Crippen LogP contribution < -0.4 is 5.43 Å². The molecular weight excluding hydrogens is 324 g/mol. The van der Waals surface area contributed by atoms with Crippen LogP contribution in [0.2, 0.25) is 0 Å². The van der Waals surface area contributed by atoms with Gasteiger partial charge in [-0.1, -0.05) is 48.0 Å². The maximum absolute atomic E-state index is 12.6. The van der Waals surface area contributed by atoms with Crippen LogP contribution in [0.4, 0.5) is 0 Å². The van der Waals surface area contributed by atoms with Crippen molar-refractivity contribution in [3.63, 3.8) is 0 Å². The van der Waals surface area contributed by atoms with Crippen LogP contribution in [-0.4, -0.2) is 21.9 Å². The number of fused-ring (bicyclic) bond motifs is 1. The summed E-state index contributed by atoms with van der Waals surface area (Å²) in [5.74, 6) is -0.263. The predicted octanol–water partition coefficient (Wildman–Crippen LogP) is 3.43. The lowest BCUT2D eigenvalue weighted by molar-refractivity contribution is 0.0949. The van der Waals surface area contributed by atoms with Crippen molar-refractivity contribution in [1.82, 2.24) is 15.2 Å². The summed E-state index contributed by atoms with van der Waals surface area (Å²) in [5.41, 5.74) is 8.36. The minimum absolute atomic E-state index is 0.263. The molecule has 4 rings (SSSR count). The fourth-order valence-electron chi connectivity index (χ4n) is 3.27. The van der Waals surface area contributed by atoms with Crippen LogP contribution in [-0.2, 0) is 12.8 Å². The standard InChI is InChI=1S/C21H20N4O/c1-15-10-12-16(13-11-15)14-22-23-21(26)20-18-8-5-9-19(18)25(24-20)17-6-3-2-4-7-17/h2-4,6-7,10-14H,5,8-9H2,1H3,(H,23,26)/b22-14+. The summed E-state index contributed by atoms with van der Waals surface area (Å²) in [6, 6.07) is 17.9. The Morgan fingerprint density at radius 1 is 1.12 bits per heavy atom. The van der Waals surface area contributed by atoms with E-state index in [9.17, 15) is 4.79 Å². The summed E-state index contributed by atoms with van der Waals surface area (Å²) < 4.78 is 1.89. The van der Waals surface area contributed by atoms with Gasteiger partial charge in [0.2, 0.25) is 0 Å². The smallest absolute Gasteiger partial charge is 0.265 e. The number of hydrogen-bond acceptors (Lipinski definition) is 3. The molecule has 0 radical (unpaired) electrons. The highest BCUT2D eigenvalue weighted by atomic mass is 16.2. The molecule has 1 aliphatic rings. The average molecular weight is 344 g/mol. The number of carbonyl (C=O) groups is 1. The second-order valence-electron chi connectivity index (χ2n) is 6.48. The first-order valence-corrected chi connectivity index (χ1v) is 8.78. The maximum Gasteiger partial charge on any atom is 0.292 e. The number of aromatic nitrogens is 2. The quantitative estimate of drug-likeness (QED) is 0.582. The number of nitrogens with zero attached hydrogens (tertiary/aromatic N) is 3. The Kier molecular flexibility index (Phi) is 4.35. The Labute approximate surface area is 152 Å². The number of benzene rings is 2. The van der Waals surface area contributed by atoms with Crippen molar-refractivity contribution < 1.29 is 4.79 Å². The van der Waals surface area contributed by atoms with Gasteiger partial charge in [-0.25, -0.2) is 10.1 Å². The van der Waals surface area contributed by atoms with Crippen molar-refractivity contribution in [2.24, 2.45) is 5.10 Å². The fourth-order valence-corrected chi connectivity index (χ4v) is 3.27. The number of amides is 1. The molecule has 0 fully saturated rings. The van der Waals surface area contributed by atoms with Crippen molar-refractivity contribution >= 4 is 12.1 Å². The molecule has 1 heterocycles. The summed E-state index contributed by atoms with van der Waals surface area (Å²) >= 11 is 0. The van der Waals surface area contributed by atoms with E-state index in [0.717, 1.165) is 41.8 Å². The van der Waals surface area contributed by atoms with E-state index in [-0.39, 0.29) is 5.91 Å². The molecule has 0 saturated heterocycles. The Morgan fingerprint density at radius 2 is 1.88 bits per heavy atom. The summed E-state index contributed by atoms with van der Waals surface area (Å²) in [4.78, 5) is 12.6. The van der Waals surface area contributed by atoms with Crippen LogP contribution in [0.15, 0.2) is 59.7 Å². The molecule has 5 heteroatoms. The van der Waals surface area contributed by atoms with Crippen LogP contribution in [0, 0.1) is 6.92 Å². The monoisotopic (exact) mass is 344 g/mol.